The van der Waals surface area contributed by atoms with E-state index in [0.29, 0.717) is 17.0 Å². The van der Waals surface area contributed by atoms with Gasteiger partial charge in [0.2, 0.25) is 5.91 Å². The molecular formula is C20H23ClN2O2S. The monoisotopic (exact) mass is 390 g/mol. The molecule has 2 unspecified atom stereocenters. The number of hydrogen-bond donors (Lipinski definition) is 2. The third kappa shape index (κ3) is 5.78. The second-order valence-corrected chi connectivity index (χ2v) is 7.32. The van der Waals surface area contributed by atoms with Crippen molar-refractivity contribution >= 4 is 35.2 Å². The van der Waals surface area contributed by atoms with E-state index in [4.69, 9.17) is 11.6 Å². The SMILES string of the molecule is CSCCC(NC(=O)c1ccccc1)C(=O)NC(C)c1ccccc1Cl. The molecule has 2 aromatic rings. The highest BCUT2D eigenvalue weighted by Crippen LogP contribution is 2.22. The zero-order valence-corrected chi connectivity index (χ0v) is 16.4. The van der Waals surface area contributed by atoms with E-state index in [1.165, 1.54) is 0 Å². The van der Waals surface area contributed by atoms with Gasteiger partial charge in [0, 0.05) is 10.6 Å². The molecule has 6 heteroatoms. The molecule has 0 bridgehead atoms. The first kappa shape index (κ1) is 20.3. The molecule has 2 aromatic carbocycles. The summed E-state index contributed by atoms with van der Waals surface area (Å²) >= 11 is 7.84. The predicted octanol–water partition coefficient (Wildman–Crippen LogP) is 4.07. The Morgan fingerprint density at radius 2 is 1.69 bits per heavy atom. The van der Waals surface area contributed by atoms with E-state index in [1.807, 2.05) is 37.4 Å². The molecular weight excluding hydrogens is 368 g/mol. The summed E-state index contributed by atoms with van der Waals surface area (Å²) in [6, 6.07) is 15.5. The molecule has 0 aromatic heterocycles. The van der Waals surface area contributed by atoms with E-state index < -0.39 is 6.04 Å². The van der Waals surface area contributed by atoms with Crippen LogP contribution in [0.15, 0.2) is 54.6 Å². The number of thioether (sulfide) groups is 1. The predicted molar refractivity (Wildman–Crippen MR) is 109 cm³/mol. The highest BCUT2D eigenvalue weighted by molar-refractivity contribution is 7.98. The number of hydrogen-bond acceptors (Lipinski definition) is 3. The van der Waals surface area contributed by atoms with Crippen LogP contribution in [0, 0.1) is 0 Å². The summed E-state index contributed by atoms with van der Waals surface area (Å²) in [5.74, 6) is 0.307. The number of rotatable bonds is 8. The van der Waals surface area contributed by atoms with E-state index >= 15 is 0 Å². The third-order valence-corrected chi connectivity index (χ3v) is 4.99. The summed E-state index contributed by atoms with van der Waals surface area (Å²) in [6.45, 7) is 1.88. The van der Waals surface area contributed by atoms with Crippen LogP contribution in [0.4, 0.5) is 0 Å². The molecule has 0 aliphatic carbocycles. The van der Waals surface area contributed by atoms with Gasteiger partial charge in [-0.2, -0.15) is 11.8 Å². The van der Waals surface area contributed by atoms with Crippen LogP contribution in [0.25, 0.3) is 0 Å². The Hall–Kier alpha value is -1.98. The standard InChI is InChI=1S/C20H23ClN2O2S/c1-14(16-10-6-7-11-17(16)21)22-20(25)18(12-13-26-2)23-19(24)15-8-4-3-5-9-15/h3-11,14,18H,12-13H2,1-2H3,(H,22,25)(H,23,24). The van der Waals surface area contributed by atoms with Gasteiger partial charge in [-0.1, -0.05) is 48.0 Å². The largest absolute Gasteiger partial charge is 0.348 e. The molecule has 2 rings (SSSR count). The van der Waals surface area contributed by atoms with E-state index in [0.717, 1.165) is 11.3 Å². The van der Waals surface area contributed by atoms with Gasteiger partial charge in [0.05, 0.1) is 6.04 Å². The van der Waals surface area contributed by atoms with Crippen molar-refractivity contribution in [2.45, 2.75) is 25.4 Å². The molecule has 2 atom stereocenters. The van der Waals surface area contributed by atoms with Crippen LogP contribution >= 0.6 is 23.4 Å². The maximum Gasteiger partial charge on any atom is 0.251 e. The first-order valence-corrected chi connectivity index (χ1v) is 10.2. The van der Waals surface area contributed by atoms with Crippen molar-refractivity contribution in [2.75, 3.05) is 12.0 Å². The molecule has 0 aliphatic rings. The number of halogens is 1. The number of carbonyl (C=O) groups excluding carboxylic acids is 2. The molecule has 0 saturated carbocycles. The molecule has 4 nitrogen and oxygen atoms in total. The van der Waals surface area contributed by atoms with Gasteiger partial charge in [0.25, 0.3) is 5.91 Å². The highest BCUT2D eigenvalue weighted by atomic mass is 35.5. The highest BCUT2D eigenvalue weighted by Gasteiger charge is 2.23. The van der Waals surface area contributed by atoms with Crippen molar-refractivity contribution < 1.29 is 9.59 Å². The molecule has 2 N–H and O–H groups in total. The van der Waals surface area contributed by atoms with Gasteiger partial charge in [-0.3, -0.25) is 9.59 Å². The van der Waals surface area contributed by atoms with Crippen LogP contribution in [0.2, 0.25) is 5.02 Å². The first-order valence-electron chi connectivity index (χ1n) is 8.42. The van der Waals surface area contributed by atoms with Gasteiger partial charge >= 0.3 is 0 Å². The molecule has 0 fully saturated rings. The summed E-state index contributed by atoms with van der Waals surface area (Å²) in [7, 11) is 0. The minimum atomic E-state index is -0.597. The van der Waals surface area contributed by atoms with Gasteiger partial charge in [-0.25, -0.2) is 0 Å². The van der Waals surface area contributed by atoms with Gasteiger partial charge in [-0.15, -0.1) is 0 Å². The average molecular weight is 391 g/mol. The Morgan fingerprint density at radius 3 is 2.35 bits per heavy atom. The lowest BCUT2D eigenvalue weighted by molar-refractivity contribution is -0.123. The van der Waals surface area contributed by atoms with Crippen molar-refractivity contribution in [3.63, 3.8) is 0 Å². The normalized spacial score (nSPS) is 12.9. The topological polar surface area (TPSA) is 58.2 Å². The van der Waals surface area contributed by atoms with Gasteiger partial charge in [0.15, 0.2) is 0 Å². The molecule has 0 radical (unpaired) electrons. The number of nitrogens with one attached hydrogen (secondary N) is 2. The Kier molecular flexibility index (Phi) is 8.01. The molecule has 0 heterocycles. The summed E-state index contributed by atoms with van der Waals surface area (Å²) in [4.78, 5) is 25.1. The van der Waals surface area contributed by atoms with E-state index in [2.05, 4.69) is 10.6 Å². The summed E-state index contributed by atoms with van der Waals surface area (Å²) in [5.41, 5.74) is 1.38. The minimum Gasteiger partial charge on any atom is -0.348 e. The lowest BCUT2D eigenvalue weighted by Gasteiger charge is -2.22. The van der Waals surface area contributed by atoms with Crippen LogP contribution in [0.1, 0.15) is 35.3 Å². The van der Waals surface area contributed by atoms with Crippen molar-refractivity contribution in [1.82, 2.24) is 10.6 Å². The molecule has 0 aliphatic heterocycles. The van der Waals surface area contributed by atoms with E-state index in [9.17, 15) is 9.59 Å². The van der Waals surface area contributed by atoms with Crippen LogP contribution < -0.4 is 10.6 Å². The zero-order valence-electron chi connectivity index (χ0n) is 14.9. The Balaban J connectivity index is 2.06. The Morgan fingerprint density at radius 1 is 1.04 bits per heavy atom. The van der Waals surface area contributed by atoms with Crippen molar-refractivity contribution in [3.05, 3.63) is 70.7 Å². The Labute approximate surface area is 163 Å². The van der Waals surface area contributed by atoms with Crippen molar-refractivity contribution in [3.8, 4) is 0 Å². The van der Waals surface area contributed by atoms with Crippen LogP contribution in [0.3, 0.4) is 0 Å². The summed E-state index contributed by atoms with van der Waals surface area (Å²) in [6.07, 6.45) is 2.53. The lowest BCUT2D eigenvalue weighted by Crippen LogP contribution is -2.47. The van der Waals surface area contributed by atoms with Crippen LogP contribution in [0.5, 0.6) is 0 Å². The third-order valence-electron chi connectivity index (χ3n) is 4.00. The minimum absolute atomic E-state index is 0.212. The number of amides is 2. The van der Waals surface area contributed by atoms with Gasteiger partial charge < -0.3 is 10.6 Å². The lowest BCUT2D eigenvalue weighted by atomic mass is 10.1. The second-order valence-electron chi connectivity index (χ2n) is 5.93. The average Bonchev–Trinajstić information content (AvgIpc) is 2.65. The molecule has 138 valence electrons. The van der Waals surface area contributed by atoms with Crippen molar-refractivity contribution in [1.29, 1.82) is 0 Å². The summed E-state index contributed by atoms with van der Waals surface area (Å²) < 4.78 is 0. The van der Waals surface area contributed by atoms with Gasteiger partial charge in [-0.05, 0) is 49.1 Å². The smallest absolute Gasteiger partial charge is 0.251 e. The van der Waals surface area contributed by atoms with Crippen molar-refractivity contribution in [2.24, 2.45) is 0 Å². The molecule has 0 saturated heterocycles. The van der Waals surface area contributed by atoms with Crippen LogP contribution in [-0.4, -0.2) is 29.9 Å². The number of benzene rings is 2. The summed E-state index contributed by atoms with van der Waals surface area (Å²) in [5, 5.41) is 6.40. The first-order chi connectivity index (χ1) is 12.5. The zero-order chi connectivity index (χ0) is 18.9. The fourth-order valence-corrected chi connectivity index (χ4v) is 3.32. The second kappa shape index (κ2) is 10.2. The quantitative estimate of drug-likeness (QED) is 0.714. The molecule has 26 heavy (non-hydrogen) atoms. The van der Waals surface area contributed by atoms with Crippen LogP contribution in [-0.2, 0) is 4.79 Å². The molecule has 0 spiro atoms. The van der Waals surface area contributed by atoms with E-state index in [1.54, 1.807) is 42.1 Å². The maximum absolute atomic E-state index is 12.7. The molecule has 2 amide bonds. The number of carbonyl (C=O) groups is 2. The van der Waals surface area contributed by atoms with E-state index in [-0.39, 0.29) is 17.9 Å². The Bertz CT molecular complexity index is 740. The van der Waals surface area contributed by atoms with Gasteiger partial charge in [0.1, 0.15) is 6.04 Å². The maximum atomic E-state index is 12.7. The fourth-order valence-electron chi connectivity index (χ4n) is 2.55. The fraction of sp³-hybridized carbons (Fsp3) is 0.300.